The molecule has 0 atom stereocenters. The number of hydrogen-bond donors (Lipinski definition) is 3. The van der Waals surface area contributed by atoms with Crippen molar-refractivity contribution >= 4 is 80.5 Å². The van der Waals surface area contributed by atoms with Crippen LogP contribution in [0.15, 0.2) is 18.2 Å². The molecule has 1 amide bonds. The molecule has 0 unspecified atom stereocenters. The van der Waals surface area contributed by atoms with E-state index in [0.29, 0.717) is 4.68 Å². The number of amides is 1. The van der Waals surface area contributed by atoms with Gasteiger partial charge in [0.2, 0.25) is 0 Å². The third-order valence-electron chi connectivity index (χ3n) is 2.52. The van der Waals surface area contributed by atoms with Gasteiger partial charge >= 0.3 is 5.97 Å². The summed E-state index contributed by atoms with van der Waals surface area (Å²) in [5, 5.41) is 12.5. The van der Waals surface area contributed by atoms with Gasteiger partial charge in [-0.1, -0.05) is 17.7 Å². The largest absolute Gasteiger partial charge is 0.476 e. The minimum atomic E-state index is -1.48. The topological polar surface area (TPSA) is 124 Å². The third-order valence-corrected chi connectivity index (χ3v) is 2.81. The minimum absolute atomic E-state index is 0. The first-order chi connectivity index (χ1) is 9.34. The average molecular weight is 338 g/mol. The molecular weight excluding hydrogens is 330 g/mol. The van der Waals surface area contributed by atoms with Gasteiger partial charge < -0.3 is 16.6 Å². The minimum Gasteiger partial charge on any atom is -0.476 e. The van der Waals surface area contributed by atoms with Gasteiger partial charge in [0.25, 0.3) is 5.91 Å². The zero-order valence-electron chi connectivity index (χ0n) is 10.8. The van der Waals surface area contributed by atoms with Crippen molar-refractivity contribution in [1.29, 1.82) is 0 Å². The number of nitrogens with two attached hydrogens (primary N) is 2. The average Bonchev–Trinajstić information content (AvgIpc) is 2.70. The molecule has 1 radical (unpaired) electrons. The molecule has 5 N–H and O–H groups in total. The number of carbonyl (C=O) groups excluding carboxylic acids is 1. The molecule has 7 nitrogen and oxygen atoms in total. The van der Waals surface area contributed by atoms with Crippen molar-refractivity contribution in [3.8, 4) is 5.69 Å². The summed E-state index contributed by atoms with van der Waals surface area (Å²) in [5.41, 5.74) is 8.82. The Bertz CT molecular complexity index is 734. The zero-order chi connectivity index (χ0) is 15.0. The number of carboxylic acid groups (broad SMARTS) is 1. The van der Waals surface area contributed by atoms with Crippen LogP contribution in [0.3, 0.4) is 0 Å². The Labute approximate surface area is 165 Å². The maximum Gasteiger partial charge on any atom is 0.356 e. The van der Waals surface area contributed by atoms with E-state index in [0.717, 1.165) is 0 Å². The second-order valence-corrected chi connectivity index (χ2v) is 4.17. The molecule has 105 valence electrons. The van der Waals surface area contributed by atoms with Gasteiger partial charge in [0.1, 0.15) is 5.69 Å². The first kappa shape index (κ1) is 18.1. The van der Waals surface area contributed by atoms with Crippen molar-refractivity contribution in [1.82, 2.24) is 9.78 Å². The Kier molecular flexibility index (Phi) is 5.90. The molecule has 0 aliphatic heterocycles. The quantitative estimate of drug-likeness (QED) is 0.710. The van der Waals surface area contributed by atoms with Crippen LogP contribution < -0.4 is 11.5 Å². The summed E-state index contributed by atoms with van der Waals surface area (Å²) in [6.07, 6.45) is 0. The van der Waals surface area contributed by atoms with Gasteiger partial charge in [-0.05, 0) is 12.1 Å². The van der Waals surface area contributed by atoms with E-state index in [1.165, 1.54) is 18.2 Å². The maximum absolute atomic E-state index is 13.9. The number of halogens is 2. The van der Waals surface area contributed by atoms with Crippen LogP contribution >= 0.6 is 11.6 Å². The Morgan fingerprint density at radius 2 is 2.00 bits per heavy atom. The number of aromatic carboxylic acids is 1. The number of carbonyl (C=O) groups is 2. The molecule has 1 aromatic carbocycles. The van der Waals surface area contributed by atoms with Gasteiger partial charge in [-0.2, -0.15) is 5.10 Å². The number of anilines is 1. The number of nitrogens with zero attached hydrogens (tertiary/aromatic N) is 2. The molecule has 0 fully saturated rings. The van der Waals surface area contributed by atoms with E-state index in [2.05, 4.69) is 5.10 Å². The number of rotatable bonds is 3. The first-order valence-electron chi connectivity index (χ1n) is 5.20. The van der Waals surface area contributed by atoms with Crippen LogP contribution in [0.5, 0.6) is 0 Å². The number of carboxylic acids is 1. The second-order valence-electron chi connectivity index (χ2n) is 3.77. The summed E-state index contributed by atoms with van der Waals surface area (Å²) < 4.78 is 14.6. The fourth-order valence-corrected chi connectivity index (χ4v) is 1.82. The van der Waals surface area contributed by atoms with Crippen molar-refractivity contribution in [2.45, 2.75) is 0 Å². The second kappa shape index (κ2) is 6.86. The monoisotopic (exact) mass is 337 g/mol. The number of primary amides is 1. The normalized spacial score (nSPS) is 10.0. The van der Waals surface area contributed by atoms with E-state index < -0.39 is 34.8 Å². The van der Waals surface area contributed by atoms with Crippen LogP contribution in [0.1, 0.15) is 21.0 Å². The fourth-order valence-electron chi connectivity index (χ4n) is 1.65. The van der Waals surface area contributed by atoms with Crippen LogP contribution in [0, 0.1) is 5.82 Å². The summed E-state index contributed by atoms with van der Waals surface area (Å²) in [6.45, 7) is 0. The zero-order valence-corrected chi connectivity index (χ0v) is 14.7. The summed E-state index contributed by atoms with van der Waals surface area (Å²) in [5.74, 6) is -3.40. The number of benzene rings is 1. The van der Waals surface area contributed by atoms with Gasteiger partial charge in [-0.15, -0.1) is 0 Å². The molecule has 2 rings (SSSR count). The van der Waals surface area contributed by atoms with E-state index >= 15 is 0 Å². The van der Waals surface area contributed by atoms with Crippen molar-refractivity contribution < 1.29 is 19.1 Å². The Morgan fingerprint density at radius 1 is 1.38 bits per heavy atom. The number of hydrogen-bond acceptors (Lipinski definition) is 4. The van der Waals surface area contributed by atoms with E-state index in [1.54, 1.807) is 0 Å². The summed E-state index contributed by atoms with van der Waals surface area (Å²) in [4.78, 5) is 22.3. The molecule has 10 heteroatoms. The van der Waals surface area contributed by atoms with Gasteiger partial charge in [-0.3, -0.25) is 4.79 Å². The summed E-state index contributed by atoms with van der Waals surface area (Å²) in [6, 6.07) is 3.92. The van der Waals surface area contributed by atoms with E-state index in [1.807, 2.05) is 0 Å². The molecule has 1 heterocycles. The summed E-state index contributed by atoms with van der Waals surface area (Å²) >= 11 is 5.62. The first-order valence-corrected chi connectivity index (χ1v) is 5.58. The van der Waals surface area contributed by atoms with Crippen molar-refractivity contribution in [2.24, 2.45) is 5.73 Å². The molecule has 0 saturated carbocycles. The molecule has 2 aromatic rings. The molecule has 21 heavy (non-hydrogen) atoms. The van der Waals surface area contributed by atoms with Crippen molar-refractivity contribution in [3.63, 3.8) is 0 Å². The van der Waals surface area contributed by atoms with Gasteiger partial charge in [0.15, 0.2) is 17.2 Å². The van der Waals surface area contributed by atoms with Gasteiger partial charge in [-0.25, -0.2) is 13.9 Å². The third kappa shape index (κ3) is 3.28. The Balaban J connectivity index is 0.00000220. The molecule has 1 aromatic heterocycles. The molecule has 0 spiro atoms. The van der Waals surface area contributed by atoms with Crippen LogP contribution in [0.4, 0.5) is 10.1 Å². The molecule has 0 aliphatic rings. The smallest absolute Gasteiger partial charge is 0.356 e. The van der Waals surface area contributed by atoms with E-state index in [-0.39, 0.29) is 62.1 Å². The number of aromatic nitrogens is 2. The maximum atomic E-state index is 13.9. The standard InChI is InChI=1S/C11H8ClFN4O3.K/c12-4-2-1-3-5(6(4)13)17-9(11(19)20)7(14)8(16-17)10(15)18;/h1-3H,14H2,(H2,15,18)(H,19,20);. The SMILES string of the molecule is NC(=O)c1nn(-c2cccc(Cl)c2F)c(C(=O)O)c1N.[K]. The molecule has 0 aliphatic carbocycles. The van der Waals surface area contributed by atoms with E-state index in [4.69, 9.17) is 28.2 Å². The van der Waals surface area contributed by atoms with Crippen molar-refractivity contribution in [3.05, 3.63) is 40.4 Å². The van der Waals surface area contributed by atoms with Crippen LogP contribution in [0.25, 0.3) is 5.69 Å². The molecular formula is C11H8ClFKN4O3. The molecule has 0 saturated heterocycles. The van der Waals surface area contributed by atoms with E-state index in [9.17, 15) is 14.0 Å². The van der Waals surface area contributed by atoms with Crippen LogP contribution in [-0.2, 0) is 0 Å². The van der Waals surface area contributed by atoms with Gasteiger partial charge in [0.05, 0.1) is 10.7 Å². The fraction of sp³-hybridized carbons (Fsp3) is 0. The Morgan fingerprint density at radius 3 is 2.52 bits per heavy atom. The number of nitrogen functional groups attached to an aromatic ring is 1. The van der Waals surface area contributed by atoms with Gasteiger partial charge in [0, 0.05) is 51.4 Å². The van der Waals surface area contributed by atoms with Crippen molar-refractivity contribution in [2.75, 3.05) is 5.73 Å². The molecule has 0 bridgehead atoms. The van der Waals surface area contributed by atoms with Crippen LogP contribution in [0.2, 0.25) is 5.02 Å². The Hall–Kier alpha value is -0.974. The predicted octanol–water partition coefficient (Wildman–Crippen LogP) is 0.663. The summed E-state index contributed by atoms with van der Waals surface area (Å²) in [7, 11) is 0. The predicted molar refractivity (Wildman–Crippen MR) is 74.2 cm³/mol. The van der Waals surface area contributed by atoms with Crippen LogP contribution in [-0.4, -0.2) is 78.1 Å².